The van der Waals surface area contributed by atoms with E-state index in [1.54, 1.807) is 45.9 Å². The van der Waals surface area contributed by atoms with Crippen LogP contribution in [0.1, 0.15) is 191 Å². The molecular weight excluding hydrogens is 1030 g/mol. The molecule has 2 N–H and O–H groups in total. The van der Waals surface area contributed by atoms with Crippen LogP contribution in [0, 0.1) is 41.4 Å². The standard InChI is InChI=1S/C18H26O2.C13H20O.C12H20O2.C10H10O3.C10H16O2.C8H8O/c1-4-18(20-17(19)10(2)3)9-13-8-14(18)16-12-6-5-11(7-12)15(13)16;1-5-11-7-9-12(10-8-11)14-13(3,4)6-2;1-9(2)11(13)14-12(10(3)4)7-5-6-8-12;1-7(2)10(12)13-9-5-3-8(11)4-6-9;1-8(2)9(11)12-10(3)6-4-5-7-10;1-2-7-3-5-8(9)6-4-7/h11-16H,2,4-9H2,1,3H3;7-10H,5-6H2,1-4H3;10H,1,5-8H2,2-4H3;3-6,11H,1H2,2H3;1,4-7H2,2-3H3;2-6,9H,1H2/t11-,12+,13-,14-,15?,16?,18+;;;;;/m1...../s1. The topological polar surface area (TPSA) is 155 Å². The van der Waals surface area contributed by atoms with Crippen molar-refractivity contribution in [2.24, 2.45) is 41.4 Å². The van der Waals surface area contributed by atoms with E-state index in [2.05, 4.69) is 106 Å². The lowest BCUT2D eigenvalue weighted by Gasteiger charge is -2.45. The van der Waals surface area contributed by atoms with Crippen LogP contribution in [0.2, 0.25) is 0 Å². The normalized spacial score (nSPS) is 23.3. The first-order valence-corrected chi connectivity index (χ1v) is 30.1. The zero-order chi connectivity index (χ0) is 61.2. The Hall–Kier alpha value is -6.36. The predicted molar refractivity (Wildman–Crippen MR) is 330 cm³/mol. The Morgan fingerprint density at radius 3 is 1.55 bits per heavy atom. The number of ether oxygens (including phenoxy) is 5. The van der Waals surface area contributed by atoms with Crippen LogP contribution in [-0.4, -0.2) is 56.5 Å². The van der Waals surface area contributed by atoms with Gasteiger partial charge in [-0.3, -0.25) is 0 Å². The summed E-state index contributed by atoms with van der Waals surface area (Å²) in [6.45, 7) is 41.6. The van der Waals surface area contributed by atoms with Gasteiger partial charge >= 0.3 is 23.9 Å². The third kappa shape index (κ3) is 19.4. The van der Waals surface area contributed by atoms with Gasteiger partial charge in [-0.2, -0.15) is 0 Å². The minimum atomic E-state index is -0.467. The van der Waals surface area contributed by atoms with Gasteiger partial charge in [0.1, 0.15) is 45.4 Å². The molecule has 0 spiro atoms. The highest BCUT2D eigenvalue weighted by Gasteiger charge is 2.67. The summed E-state index contributed by atoms with van der Waals surface area (Å²) in [6.07, 6.45) is 20.3. The third-order valence-corrected chi connectivity index (χ3v) is 17.7. The highest BCUT2D eigenvalue weighted by atomic mass is 16.6. The Kier molecular flexibility index (Phi) is 25.6. The minimum absolute atomic E-state index is 0.0618. The van der Waals surface area contributed by atoms with Crippen molar-refractivity contribution in [2.45, 2.75) is 208 Å². The van der Waals surface area contributed by atoms with Crippen molar-refractivity contribution in [3.05, 3.63) is 139 Å². The fourth-order valence-corrected chi connectivity index (χ4v) is 12.6. The summed E-state index contributed by atoms with van der Waals surface area (Å²) in [6, 6.07) is 21.2. The molecule has 0 amide bonds. The molecule has 0 saturated heterocycles. The second-order valence-electron chi connectivity index (χ2n) is 25.0. The number of carbonyl (C=O) groups excluding carboxylic acids is 4. The summed E-state index contributed by atoms with van der Waals surface area (Å²) in [7, 11) is 0. The molecule has 82 heavy (non-hydrogen) atoms. The van der Waals surface area contributed by atoms with Crippen LogP contribution in [0.25, 0.3) is 6.08 Å². The van der Waals surface area contributed by atoms with Crippen molar-refractivity contribution in [2.75, 3.05) is 0 Å². The molecule has 6 aliphatic carbocycles. The smallest absolute Gasteiger partial charge is 0.338 e. The Balaban J connectivity index is 0.000000215. The average Bonchev–Trinajstić information content (AvgIpc) is 2.82. The number of benzene rings is 3. The summed E-state index contributed by atoms with van der Waals surface area (Å²) in [4.78, 5) is 45.8. The molecule has 7 atom stereocenters. The van der Waals surface area contributed by atoms with Gasteiger partial charge in [0.15, 0.2) is 0 Å². The van der Waals surface area contributed by atoms with Crippen LogP contribution in [0.5, 0.6) is 23.0 Å². The van der Waals surface area contributed by atoms with Gasteiger partial charge in [-0.05, 0) is 246 Å². The lowest BCUT2D eigenvalue weighted by atomic mass is 9.65. The number of esters is 4. The van der Waals surface area contributed by atoms with Crippen molar-refractivity contribution < 1.29 is 53.1 Å². The molecule has 3 aromatic carbocycles. The lowest BCUT2D eigenvalue weighted by Crippen LogP contribution is -2.47. The van der Waals surface area contributed by atoms with Crippen LogP contribution >= 0.6 is 0 Å². The van der Waals surface area contributed by atoms with Crippen LogP contribution in [-0.2, 0) is 39.8 Å². The average molecular weight is 1130 g/mol. The number of hydrogen-bond donors (Lipinski definition) is 2. The molecule has 9 rings (SSSR count). The number of aryl methyl sites for hydroxylation is 1. The molecule has 2 unspecified atom stereocenters. The van der Waals surface area contributed by atoms with Crippen molar-refractivity contribution in [1.29, 1.82) is 0 Å². The van der Waals surface area contributed by atoms with Gasteiger partial charge < -0.3 is 33.9 Å². The van der Waals surface area contributed by atoms with Crippen molar-refractivity contribution >= 4 is 30.0 Å². The van der Waals surface area contributed by atoms with E-state index in [9.17, 15) is 19.2 Å². The van der Waals surface area contributed by atoms with Gasteiger partial charge in [-0.1, -0.05) is 97.9 Å². The molecule has 6 fully saturated rings. The second kappa shape index (κ2) is 30.8. The van der Waals surface area contributed by atoms with Crippen LogP contribution < -0.4 is 9.47 Å². The molecule has 11 heteroatoms. The largest absolute Gasteiger partial charge is 0.508 e. The van der Waals surface area contributed by atoms with Crippen LogP contribution in [0.4, 0.5) is 0 Å². The Bertz CT molecular complexity index is 2630. The van der Waals surface area contributed by atoms with Gasteiger partial charge in [0.25, 0.3) is 0 Å². The molecule has 0 radical (unpaired) electrons. The summed E-state index contributed by atoms with van der Waals surface area (Å²) in [5.41, 5.74) is 3.60. The first kappa shape index (κ1) is 68.1. The van der Waals surface area contributed by atoms with Crippen molar-refractivity contribution in [3.8, 4) is 23.0 Å². The van der Waals surface area contributed by atoms with Gasteiger partial charge in [-0.25, -0.2) is 19.2 Å². The lowest BCUT2D eigenvalue weighted by molar-refractivity contribution is -0.167. The maximum absolute atomic E-state index is 12.1. The first-order chi connectivity index (χ1) is 38.6. The van der Waals surface area contributed by atoms with Crippen LogP contribution in [0.3, 0.4) is 0 Å². The van der Waals surface area contributed by atoms with E-state index in [4.69, 9.17) is 33.9 Å². The maximum atomic E-state index is 12.1. The van der Waals surface area contributed by atoms with E-state index in [-0.39, 0.29) is 46.1 Å². The predicted octanol–water partition coefficient (Wildman–Crippen LogP) is 17.2. The third-order valence-electron chi connectivity index (χ3n) is 17.7. The van der Waals surface area contributed by atoms with Crippen LogP contribution in [0.15, 0.2) is 128 Å². The van der Waals surface area contributed by atoms with Gasteiger partial charge in [0.05, 0.1) is 0 Å². The Morgan fingerprint density at radius 1 is 0.622 bits per heavy atom. The van der Waals surface area contributed by atoms with Crippen molar-refractivity contribution in [1.82, 2.24) is 0 Å². The zero-order valence-corrected chi connectivity index (χ0v) is 52.0. The molecule has 6 aliphatic rings. The molecule has 6 saturated carbocycles. The highest BCUT2D eigenvalue weighted by Crippen LogP contribution is 2.71. The SMILES string of the molecule is C=C(C)C(=O)OC1(C(C)C)CCCC1.C=C(C)C(=O)OC1(C)CCCC1.C=C(C)C(=O)O[C@@]1(CC)C[C@H]2C[C@@H]1C1C2[C@@H]2CC[C@H]1C2.C=C(C)C(=O)Oc1ccc(O)cc1.C=Cc1ccc(O)cc1.CCc1ccc(OC(C)(C)CC)cc1. The molecule has 0 aliphatic heterocycles. The quantitative estimate of drug-likeness (QED) is 0.0491. The first-order valence-electron chi connectivity index (χ1n) is 30.1. The molecule has 3 aromatic rings. The number of aromatic hydroxyl groups is 2. The van der Waals surface area contributed by atoms with E-state index in [1.807, 2.05) is 19.1 Å². The Labute approximate surface area is 492 Å². The number of hydrogen-bond acceptors (Lipinski definition) is 11. The minimum Gasteiger partial charge on any atom is -0.508 e. The number of phenolic OH excluding ortho intramolecular Hbond substituents is 2. The second-order valence-corrected chi connectivity index (χ2v) is 25.0. The van der Waals surface area contributed by atoms with E-state index in [0.717, 1.165) is 92.3 Å². The number of phenols is 2. The number of carbonyl (C=O) groups is 4. The fourth-order valence-electron chi connectivity index (χ4n) is 12.6. The monoisotopic (exact) mass is 1130 g/mol. The Morgan fingerprint density at radius 2 is 1.09 bits per heavy atom. The van der Waals surface area contributed by atoms with E-state index in [0.29, 0.717) is 45.6 Å². The van der Waals surface area contributed by atoms with Crippen molar-refractivity contribution in [3.63, 3.8) is 0 Å². The molecule has 0 heterocycles. The maximum Gasteiger partial charge on any atom is 0.338 e. The molecule has 450 valence electrons. The van der Waals surface area contributed by atoms with E-state index >= 15 is 0 Å². The molecule has 11 nitrogen and oxygen atoms in total. The molecule has 4 bridgehead atoms. The van der Waals surface area contributed by atoms with E-state index < -0.39 is 5.97 Å². The van der Waals surface area contributed by atoms with Gasteiger partial charge in [0, 0.05) is 28.2 Å². The van der Waals surface area contributed by atoms with Gasteiger partial charge in [-0.15, -0.1) is 0 Å². The summed E-state index contributed by atoms with van der Waals surface area (Å²) in [5.74, 6) is 6.32. The summed E-state index contributed by atoms with van der Waals surface area (Å²) in [5, 5.41) is 17.8. The van der Waals surface area contributed by atoms with Gasteiger partial charge in [0.2, 0.25) is 0 Å². The zero-order valence-electron chi connectivity index (χ0n) is 52.0. The number of fused-ring (bicyclic) bond motifs is 9. The molecular formula is C71H100O11. The number of rotatable bonds is 15. The fraction of sp³-hybridized carbons (Fsp3) is 0.549. The summed E-state index contributed by atoms with van der Waals surface area (Å²) >= 11 is 0. The molecule has 0 aromatic heterocycles. The van der Waals surface area contributed by atoms with E-state index in [1.165, 1.54) is 81.2 Å². The summed E-state index contributed by atoms with van der Waals surface area (Å²) < 4.78 is 27.7. The highest BCUT2D eigenvalue weighted by molar-refractivity contribution is 5.89.